The second kappa shape index (κ2) is 10.9. The van der Waals surface area contributed by atoms with Crippen LogP contribution in [-0.4, -0.2) is 4.57 Å². The summed E-state index contributed by atoms with van der Waals surface area (Å²) in [6.45, 7) is 4.66. The zero-order valence-electron chi connectivity index (χ0n) is 29.3. The summed E-state index contributed by atoms with van der Waals surface area (Å²) in [5.74, 6) is 1.48. The van der Waals surface area contributed by atoms with E-state index in [9.17, 15) is 4.39 Å². The third-order valence-electron chi connectivity index (χ3n) is 11.4. The Hall–Kier alpha value is -6.65. The minimum atomic E-state index is -0.252. The minimum Gasteiger partial charge on any atom is -0.456 e. The quantitative estimate of drug-likeness (QED) is 0.184. The monoisotopic (exact) mass is 684 g/mol. The lowest BCUT2D eigenvalue weighted by molar-refractivity contribution is 0.487. The molecule has 2 aliphatic rings. The Morgan fingerprint density at radius 2 is 1.17 bits per heavy atom. The van der Waals surface area contributed by atoms with Gasteiger partial charge in [-0.15, -0.1) is 0 Å². The number of fused-ring (bicyclic) bond motifs is 8. The third-order valence-corrected chi connectivity index (χ3v) is 11.4. The molecule has 9 aromatic rings. The molecule has 8 aromatic carbocycles. The molecule has 0 saturated heterocycles. The van der Waals surface area contributed by atoms with Crippen molar-refractivity contribution in [2.24, 2.45) is 0 Å². The smallest absolute Gasteiger partial charge is 0.135 e. The number of benzene rings is 8. The van der Waals surface area contributed by atoms with Crippen LogP contribution in [0.5, 0.6) is 11.5 Å². The normalized spacial score (nSPS) is 13.5. The summed E-state index contributed by atoms with van der Waals surface area (Å²) < 4.78 is 23.0. The average molecular weight is 685 g/mol. The highest BCUT2D eigenvalue weighted by molar-refractivity contribution is 6.13. The van der Waals surface area contributed by atoms with E-state index in [0.717, 1.165) is 72.4 Å². The van der Waals surface area contributed by atoms with Gasteiger partial charge in [-0.05, 0) is 101 Å². The summed E-state index contributed by atoms with van der Waals surface area (Å²) in [6.07, 6.45) is 0. The first-order chi connectivity index (χ1) is 26.0. The molecule has 0 amide bonds. The molecule has 0 fully saturated rings. The zero-order valence-corrected chi connectivity index (χ0v) is 29.3. The van der Waals surface area contributed by atoms with Crippen LogP contribution in [0.4, 0.5) is 21.5 Å². The minimum absolute atomic E-state index is 0.163. The summed E-state index contributed by atoms with van der Waals surface area (Å²) in [4.78, 5) is 2.40. The fourth-order valence-corrected chi connectivity index (χ4v) is 8.98. The Kier molecular flexibility index (Phi) is 6.19. The molecule has 11 rings (SSSR count). The molecule has 1 aromatic heterocycles. The molecule has 0 radical (unpaired) electrons. The molecule has 0 bridgehead atoms. The van der Waals surface area contributed by atoms with Gasteiger partial charge in [0.2, 0.25) is 0 Å². The van der Waals surface area contributed by atoms with Crippen molar-refractivity contribution < 1.29 is 9.13 Å². The molecular weight excluding hydrogens is 652 g/mol. The van der Waals surface area contributed by atoms with Crippen LogP contribution < -0.4 is 9.64 Å². The fraction of sp³-hybridized carbons (Fsp3) is 0.0612. The maximum absolute atomic E-state index is 14.2. The largest absolute Gasteiger partial charge is 0.456 e. The van der Waals surface area contributed by atoms with Gasteiger partial charge in [0.1, 0.15) is 17.3 Å². The molecule has 0 spiro atoms. The van der Waals surface area contributed by atoms with E-state index in [1.165, 1.54) is 39.9 Å². The molecule has 0 unspecified atom stereocenters. The van der Waals surface area contributed by atoms with Crippen LogP contribution in [0.2, 0.25) is 0 Å². The van der Waals surface area contributed by atoms with Crippen molar-refractivity contribution in [3.63, 3.8) is 0 Å². The SMILES string of the molecule is CC1(C)c2ccccc2-c2ccc(N(c3ccc4c5ccccc5n(-c5ccc(F)cc5)c4c3)c3ccc4c5c(cccc35)Oc3ccccc3-4)cc21. The Morgan fingerprint density at radius 1 is 0.509 bits per heavy atom. The predicted molar refractivity (Wildman–Crippen MR) is 216 cm³/mol. The Balaban J connectivity index is 1.20. The highest BCUT2D eigenvalue weighted by Gasteiger charge is 2.36. The first-order valence-electron chi connectivity index (χ1n) is 18.1. The molecule has 3 nitrogen and oxygen atoms in total. The van der Waals surface area contributed by atoms with Crippen molar-refractivity contribution in [1.29, 1.82) is 0 Å². The summed E-state index contributed by atoms with van der Waals surface area (Å²) in [5.41, 5.74) is 13.5. The van der Waals surface area contributed by atoms with Gasteiger partial charge in [0.15, 0.2) is 0 Å². The number of hydrogen-bond acceptors (Lipinski definition) is 2. The second-order valence-electron chi connectivity index (χ2n) is 14.7. The third kappa shape index (κ3) is 4.27. The number of ether oxygens (including phenoxy) is 1. The highest BCUT2D eigenvalue weighted by atomic mass is 19.1. The van der Waals surface area contributed by atoms with Crippen LogP contribution in [-0.2, 0) is 5.41 Å². The van der Waals surface area contributed by atoms with Gasteiger partial charge in [-0.1, -0.05) is 105 Å². The molecule has 2 heterocycles. The average Bonchev–Trinajstić information content (AvgIpc) is 3.64. The standard InChI is InChI=1S/C49H33FN2O/c1-49(2)41-14-6-3-10-34(41)35-24-22-32(28-42(35)49)51(44-27-26-39-38-12-5-8-16-46(38)53-47-17-9-13-40(44)48(39)47)33-23-25-37-36-11-4-7-15-43(36)52(45(37)29-33)31-20-18-30(50)19-21-31/h3-29H,1-2H3. The van der Waals surface area contributed by atoms with Crippen molar-refractivity contribution in [3.05, 3.63) is 181 Å². The molecular formula is C49H33FN2O. The molecule has 0 atom stereocenters. The Bertz CT molecular complexity index is 2970. The molecule has 0 N–H and O–H groups in total. The van der Waals surface area contributed by atoms with Crippen LogP contribution in [0.25, 0.3) is 60.5 Å². The van der Waals surface area contributed by atoms with Gasteiger partial charge in [-0.25, -0.2) is 4.39 Å². The number of rotatable bonds is 4. The summed E-state index contributed by atoms with van der Waals surface area (Å²) in [5, 5.41) is 4.50. The van der Waals surface area contributed by atoms with E-state index in [4.69, 9.17) is 4.74 Å². The number of halogens is 1. The molecule has 252 valence electrons. The maximum Gasteiger partial charge on any atom is 0.135 e. The van der Waals surface area contributed by atoms with Crippen LogP contribution >= 0.6 is 0 Å². The maximum atomic E-state index is 14.2. The van der Waals surface area contributed by atoms with Gasteiger partial charge in [-0.3, -0.25) is 0 Å². The lowest BCUT2D eigenvalue weighted by atomic mass is 9.82. The van der Waals surface area contributed by atoms with E-state index in [0.29, 0.717) is 0 Å². The molecule has 1 aliphatic carbocycles. The lowest BCUT2D eigenvalue weighted by Crippen LogP contribution is -2.16. The van der Waals surface area contributed by atoms with Gasteiger partial charge in [0, 0.05) is 49.6 Å². The second-order valence-corrected chi connectivity index (χ2v) is 14.7. The molecule has 1 aliphatic heterocycles. The van der Waals surface area contributed by atoms with E-state index >= 15 is 0 Å². The molecule has 53 heavy (non-hydrogen) atoms. The van der Waals surface area contributed by atoms with E-state index in [2.05, 4.69) is 151 Å². The topological polar surface area (TPSA) is 17.4 Å². The summed E-state index contributed by atoms with van der Waals surface area (Å²) in [7, 11) is 0. The first kappa shape index (κ1) is 30.0. The van der Waals surface area contributed by atoms with E-state index in [1.54, 1.807) is 0 Å². The predicted octanol–water partition coefficient (Wildman–Crippen LogP) is 13.6. The van der Waals surface area contributed by atoms with Gasteiger partial charge in [0.25, 0.3) is 0 Å². The molecule has 0 saturated carbocycles. The number of aromatic nitrogens is 1. The summed E-state index contributed by atoms with van der Waals surface area (Å²) >= 11 is 0. The summed E-state index contributed by atoms with van der Waals surface area (Å²) in [6, 6.07) is 56.9. The number of hydrogen-bond donors (Lipinski definition) is 0. The fourth-order valence-electron chi connectivity index (χ4n) is 8.98. The number of nitrogens with zero attached hydrogens (tertiary/aromatic N) is 2. The Labute approximate surface area is 306 Å². The van der Waals surface area contributed by atoms with Crippen LogP contribution in [0.3, 0.4) is 0 Å². The zero-order chi connectivity index (χ0) is 35.4. The van der Waals surface area contributed by atoms with Crippen molar-refractivity contribution >= 4 is 49.6 Å². The van der Waals surface area contributed by atoms with Gasteiger partial charge >= 0.3 is 0 Å². The van der Waals surface area contributed by atoms with Crippen molar-refractivity contribution in [2.75, 3.05) is 4.90 Å². The van der Waals surface area contributed by atoms with Crippen LogP contribution in [0, 0.1) is 5.82 Å². The first-order valence-corrected chi connectivity index (χ1v) is 18.1. The van der Waals surface area contributed by atoms with E-state index in [-0.39, 0.29) is 11.2 Å². The van der Waals surface area contributed by atoms with Crippen molar-refractivity contribution in [2.45, 2.75) is 19.3 Å². The van der Waals surface area contributed by atoms with E-state index in [1.807, 2.05) is 24.3 Å². The number of para-hydroxylation sites is 2. The molecule has 4 heteroatoms. The van der Waals surface area contributed by atoms with Crippen LogP contribution in [0.15, 0.2) is 164 Å². The van der Waals surface area contributed by atoms with Gasteiger partial charge in [0.05, 0.1) is 16.7 Å². The van der Waals surface area contributed by atoms with Crippen molar-refractivity contribution in [3.8, 4) is 39.4 Å². The van der Waals surface area contributed by atoms with Crippen molar-refractivity contribution in [1.82, 2.24) is 4.57 Å². The Morgan fingerprint density at radius 3 is 2.06 bits per heavy atom. The van der Waals surface area contributed by atoms with Gasteiger partial charge in [-0.2, -0.15) is 0 Å². The highest BCUT2D eigenvalue weighted by Crippen LogP contribution is 2.53. The van der Waals surface area contributed by atoms with Gasteiger partial charge < -0.3 is 14.2 Å². The van der Waals surface area contributed by atoms with E-state index < -0.39 is 0 Å². The lowest BCUT2D eigenvalue weighted by Gasteiger charge is -2.30. The van der Waals surface area contributed by atoms with Crippen LogP contribution in [0.1, 0.15) is 25.0 Å². The number of anilines is 3.